The number of rotatable bonds is 7. The fraction of sp³-hybridized carbons (Fsp3) is 0.294. The normalized spacial score (nSPS) is 13.2. The first kappa shape index (κ1) is 31.7. The van der Waals surface area contributed by atoms with E-state index in [9.17, 15) is 19.8 Å². The molecular formula is C34H34FeN4O4. The molecule has 3 aromatic rings. The average Bonchev–Trinajstić information content (AvgIpc) is 3.59. The number of aromatic nitrogens is 4. The molecule has 222 valence electrons. The summed E-state index contributed by atoms with van der Waals surface area (Å²) in [4.78, 5) is 42.9. The summed E-state index contributed by atoms with van der Waals surface area (Å²) in [5.41, 5.74) is 13.7. The average molecular weight is 619 g/mol. The van der Waals surface area contributed by atoms with E-state index in [-0.39, 0.29) is 23.5 Å². The van der Waals surface area contributed by atoms with Gasteiger partial charge in [0.1, 0.15) is 0 Å². The van der Waals surface area contributed by atoms with Crippen LogP contribution in [-0.4, -0.2) is 32.1 Å². The molecule has 0 fully saturated rings. The zero-order chi connectivity index (χ0) is 30.3. The van der Waals surface area contributed by atoms with E-state index in [1.165, 1.54) is 0 Å². The van der Waals surface area contributed by atoms with Crippen LogP contribution < -0.4 is 9.97 Å². The van der Waals surface area contributed by atoms with Crippen LogP contribution in [0.5, 0.6) is 0 Å². The minimum atomic E-state index is -1.06. The number of hydrogen-bond acceptors (Lipinski definition) is 4. The van der Waals surface area contributed by atoms with Crippen LogP contribution in [0, 0.1) is 13.8 Å². The molecule has 0 spiro atoms. The SMILES string of the molecule is CCC1=C(C)c2cc3[n-]c(cc4nc(cc5[n-]c(cc1n2)c(C)c5CC)C(C)=C4/C=C/C(=O)O)c(CCC(=O)O)c3C.[Fe+2]. The molecule has 8 nitrogen and oxygen atoms in total. The Kier molecular flexibility index (Phi) is 9.28. The van der Waals surface area contributed by atoms with Gasteiger partial charge >= 0.3 is 29.0 Å². The van der Waals surface area contributed by atoms with E-state index in [0.29, 0.717) is 28.9 Å². The van der Waals surface area contributed by atoms with Crippen LogP contribution in [0.15, 0.2) is 36.4 Å². The molecule has 2 aliphatic heterocycles. The smallest absolute Gasteiger partial charge is 0.657 e. The maximum absolute atomic E-state index is 11.5. The molecule has 0 amide bonds. The van der Waals surface area contributed by atoms with Crippen molar-refractivity contribution in [2.45, 2.75) is 67.2 Å². The van der Waals surface area contributed by atoms with Gasteiger partial charge in [-0.25, -0.2) is 14.8 Å². The zero-order valence-corrected chi connectivity index (χ0v) is 26.3. The molecule has 43 heavy (non-hydrogen) atoms. The Morgan fingerprint density at radius 3 is 1.88 bits per heavy atom. The van der Waals surface area contributed by atoms with Gasteiger partial charge in [0.25, 0.3) is 0 Å². The molecule has 0 unspecified atom stereocenters. The minimum Gasteiger partial charge on any atom is -0.657 e. The molecule has 0 radical (unpaired) electrons. The van der Waals surface area contributed by atoms with Gasteiger partial charge in [-0.15, -0.1) is 22.1 Å². The summed E-state index contributed by atoms with van der Waals surface area (Å²) < 4.78 is 0. The van der Waals surface area contributed by atoms with Crippen LogP contribution in [-0.2, 0) is 39.5 Å². The fourth-order valence-corrected chi connectivity index (χ4v) is 5.84. The van der Waals surface area contributed by atoms with Crippen molar-refractivity contribution in [3.8, 4) is 0 Å². The Morgan fingerprint density at radius 1 is 0.744 bits per heavy atom. The van der Waals surface area contributed by atoms with Crippen molar-refractivity contribution in [2.75, 3.05) is 0 Å². The molecule has 5 heterocycles. The molecule has 0 saturated heterocycles. The predicted octanol–water partition coefficient (Wildman–Crippen LogP) is 6.68. The maximum atomic E-state index is 11.5. The maximum Gasteiger partial charge on any atom is 2.00 e. The first-order valence-electron chi connectivity index (χ1n) is 14.2. The van der Waals surface area contributed by atoms with E-state index in [4.69, 9.17) is 19.9 Å². The third-order valence-corrected chi connectivity index (χ3v) is 8.25. The number of hydrogen-bond donors (Lipinski definition) is 2. The van der Waals surface area contributed by atoms with E-state index in [1.54, 1.807) is 6.08 Å². The van der Waals surface area contributed by atoms with E-state index in [0.717, 1.165) is 85.8 Å². The van der Waals surface area contributed by atoms with Crippen molar-refractivity contribution in [3.63, 3.8) is 0 Å². The van der Waals surface area contributed by atoms with Crippen LogP contribution in [0.1, 0.15) is 85.6 Å². The van der Waals surface area contributed by atoms with Crippen LogP contribution in [0.2, 0.25) is 0 Å². The number of carboxylic acid groups (broad SMARTS) is 2. The van der Waals surface area contributed by atoms with Crippen molar-refractivity contribution in [1.82, 2.24) is 19.9 Å². The third-order valence-electron chi connectivity index (χ3n) is 8.25. The van der Waals surface area contributed by atoms with E-state index in [2.05, 4.69) is 33.8 Å². The van der Waals surface area contributed by atoms with E-state index < -0.39 is 11.9 Å². The summed E-state index contributed by atoms with van der Waals surface area (Å²) in [7, 11) is 0. The molecule has 5 rings (SSSR count). The Bertz CT molecular complexity index is 1910. The number of carboxylic acids is 2. The molecule has 0 aromatic carbocycles. The summed E-state index contributed by atoms with van der Waals surface area (Å²) in [6.07, 6.45) is 4.53. The second kappa shape index (κ2) is 12.6. The first-order valence-corrected chi connectivity index (χ1v) is 14.2. The molecule has 9 heteroatoms. The van der Waals surface area contributed by atoms with Crippen molar-refractivity contribution in [1.29, 1.82) is 0 Å². The predicted molar refractivity (Wildman–Crippen MR) is 166 cm³/mol. The molecule has 8 bridgehead atoms. The number of nitrogens with zero attached hydrogens (tertiary/aromatic N) is 4. The number of fused-ring (bicyclic) bond motifs is 8. The van der Waals surface area contributed by atoms with Crippen molar-refractivity contribution >= 4 is 56.3 Å². The van der Waals surface area contributed by atoms with E-state index in [1.807, 2.05) is 32.0 Å². The van der Waals surface area contributed by atoms with Crippen LogP contribution >= 0.6 is 0 Å². The van der Waals surface area contributed by atoms with Crippen LogP contribution in [0.3, 0.4) is 0 Å². The molecule has 2 N–H and O–H groups in total. The summed E-state index contributed by atoms with van der Waals surface area (Å²) in [6.45, 7) is 12.2. The Morgan fingerprint density at radius 2 is 1.28 bits per heavy atom. The first-order chi connectivity index (χ1) is 20.0. The fourth-order valence-electron chi connectivity index (χ4n) is 5.84. The van der Waals surface area contributed by atoms with Gasteiger partial charge in [0.2, 0.25) is 0 Å². The van der Waals surface area contributed by atoms with Crippen molar-refractivity contribution in [3.05, 3.63) is 81.4 Å². The number of aliphatic carboxylic acids is 2. The molecule has 0 aliphatic carbocycles. The zero-order valence-electron chi connectivity index (χ0n) is 25.1. The van der Waals surface area contributed by atoms with E-state index >= 15 is 0 Å². The second-order valence-electron chi connectivity index (χ2n) is 10.7. The Hall–Kier alpha value is -4.20. The van der Waals surface area contributed by atoms with Gasteiger partial charge in [-0.05, 0) is 69.8 Å². The van der Waals surface area contributed by atoms with Gasteiger partial charge < -0.3 is 20.2 Å². The Balaban J connectivity index is 0.00000423. The van der Waals surface area contributed by atoms with Crippen LogP contribution in [0.25, 0.3) is 44.4 Å². The van der Waals surface area contributed by atoms with Crippen molar-refractivity contribution < 1.29 is 36.9 Å². The van der Waals surface area contributed by atoms with Gasteiger partial charge in [-0.3, -0.25) is 4.79 Å². The molecule has 0 atom stereocenters. The number of carbonyl (C=O) groups is 2. The monoisotopic (exact) mass is 618 g/mol. The van der Waals surface area contributed by atoms with Gasteiger partial charge in [0.05, 0.1) is 22.8 Å². The quantitative estimate of drug-likeness (QED) is 0.222. The third kappa shape index (κ3) is 6.01. The molecule has 3 aromatic heterocycles. The summed E-state index contributed by atoms with van der Waals surface area (Å²) in [5.74, 6) is -1.95. The molecular weight excluding hydrogens is 584 g/mol. The van der Waals surface area contributed by atoms with Gasteiger partial charge in [0, 0.05) is 18.1 Å². The van der Waals surface area contributed by atoms with Gasteiger partial charge in [0.15, 0.2) is 0 Å². The summed E-state index contributed by atoms with van der Waals surface area (Å²) in [6, 6.07) is 7.82. The number of allylic oxidation sites excluding steroid dienone is 5. The number of aryl methyl sites for hydroxylation is 4. The largest absolute Gasteiger partial charge is 2.00 e. The summed E-state index contributed by atoms with van der Waals surface area (Å²) >= 11 is 0. The standard InChI is InChI=1S/C34H36N4O4.Fe/c1-7-21-17(3)25-13-26-19(5)23(9-11-33(39)40)31(37-26)16-32-24(10-12-34(41)42)20(6)28(38-32)15-30-22(8-2)18(4)27(36-30)14-29(21)35-25;/h10,12-16H,7-9,11H2,1-6H3,(H4,35,36,37,38,39,40,41,42);/q;+2/p-2/b12-10+,25-13?,26-13?,27-14?,28-15?,29-14?,30-15?,31-16?,32-16?;. The summed E-state index contributed by atoms with van der Waals surface area (Å²) in [5, 5.41) is 18.8. The second-order valence-corrected chi connectivity index (χ2v) is 10.7. The topological polar surface area (TPSA) is 129 Å². The Labute approximate surface area is 261 Å². The van der Waals surface area contributed by atoms with Gasteiger partial charge in [-0.2, -0.15) is 0 Å². The van der Waals surface area contributed by atoms with Crippen molar-refractivity contribution in [2.24, 2.45) is 0 Å². The van der Waals surface area contributed by atoms with Crippen LogP contribution in [0.4, 0.5) is 0 Å². The molecule has 2 aliphatic rings. The van der Waals surface area contributed by atoms with Gasteiger partial charge in [-0.1, -0.05) is 60.4 Å². The minimum absolute atomic E-state index is 0. The molecule has 0 saturated carbocycles.